The van der Waals surface area contributed by atoms with Crippen molar-refractivity contribution in [2.45, 2.75) is 26.9 Å². The van der Waals surface area contributed by atoms with Crippen molar-refractivity contribution in [3.05, 3.63) is 60.0 Å². The second-order valence-electron chi connectivity index (χ2n) is 6.47. The second-order valence-corrected chi connectivity index (χ2v) is 6.47. The minimum Gasteiger partial charge on any atom is -0.329 e. The van der Waals surface area contributed by atoms with E-state index in [9.17, 15) is 0 Å². The zero-order valence-corrected chi connectivity index (χ0v) is 16.5. The maximum Gasteiger partial charge on any atom is 0.0841 e. The van der Waals surface area contributed by atoms with Crippen LogP contribution in [-0.4, -0.2) is 9.13 Å². The Labute approximate surface area is 167 Å². The summed E-state index contributed by atoms with van der Waals surface area (Å²) >= 11 is 0. The molecule has 138 valence electrons. The van der Waals surface area contributed by atoms with Gasteiger partial charge in [0.2, 0.25) is 0 Å². The zero-order valence-electron chi connectivity index (χ0n) is 16.5. The Morgan fingerprint density at radius 1 is 0.821 bits per heavy atom. The van der Waals surface area contributed by atoms with Crippen molar-refractivity contribution >= 4 is 46.1 Å². The largest absolute Gasteiger partial charge is 0.329 e. The molecule has 2 heteroatoms. The maximum absolute atomic E-state index is 5.66. The molecule has 0 amide bonds. The molecule has 0 aliphatic carbocycles. The van der Waals surface area contributed by atoms with Gasteiger partial charge in [-0.1, -0.05) is 49.3 Å². The van der Waals surface area contributed by atoms with Gasteiger partial charge in [0, 0.05) is 33.3 Å². The molecule has 3 rings (SSSR count). The first kappa shape index (κ1) is 19.2. The van der Waals surface area contributed by atoms with Crippen molar-refractivity contribution in [2.24, 2.45) is 0 Å². The van der Waals surface area contributed by atoms with E-state index >= 15 is 0 Å². The van der Waals surface area contributed by atoms with Crippen LogP contribution in [0.4, 0.5) is 0 Å². The van der Waals surface area contributed by atoms with E-state index in [4.69, 9.17) is 12.8 Å². The van der Waals surface area contributed by atoms with E-state index in [0.29, 0.717) is 13.1 Å². The van der Waals surface area contributed by atoms with Gasteiger partial charge in [0.1, 0.15) is 0 Å². The van der Waals surface area contributed by atoms with Gasteiger partial charge in [-0.25, -0.2) is 0 Å². The Morgan fingerprint density at radius 2 is 1.21 bits per heavy atom. The summed E-state index contributed by atoms with van der Waals surface area (Å²) in [4.78, 5) is 0. The molecule has 0 aliphatic rings. The van der Waals surface area contributed by atoms with Crippen molar-refractivity contribution in [1.29, 1.82) is 0 Å². The average Bonchev–Trinajstić information content (AvgIpc) is 3.14. The lowest BCUT2D eigenvalue weighted by atomic mass is 10.1. The molecule has 1 aromatic carbocycles. The van der Waals surface area contributed by atoms with E-state index in [1.165, 1.54) is 0 Å². The molecule has 0 N–H and O–H groups in total. The number of nitrogens with zero attached hydrogens (tertiary/aromatic N) is 2. The van der Waals surface area contributed by atoms with Crippen molar-refractivity contribution < 1.29 is 0 Å². The lowest BCUT2D eigenvalue weighted by Crippen LogP contribution is -1.98. The van der Waals surface area contributed by atoms with Gasteiger partial charge in [0.15, 0.2) is 0 Å². The van der Waals surface area contributed by atoms with E-state index in [0.717, 1.165) is 44.3 Å². The summed E-state index contributed by atoms with van der Waals surface area (Å²) < 4.78 is 4.28. The molecule has 0 fully saturated rings. The van der Waals surface area contributed by atoms with E-state index < -0.39 is 0 Å². The highest BCUT2D eigenvalue weighted by molar-refractivity contribution is 6.06. The molecule has 0 radical (unpaired) electrons. The van der Waals surface area contributed by atoms with Crippen LogP contribution in [0.5, 0.6) is 0 Å². The molecule has 0 spiro atoms. The normalized spacial score (nSPS) is 11.4. The van der Waals surface area contributed by atoms with Crippen LogP contribution in [0.25, 0.3) is 46.1 Å². The highest BCUT2D eigenvalue weighted by Crippen LogP contribution is 2.36. The fraction of sp³-hybridized carbons (Fsp3) is 0.154. The molecular formula is C26H24N2. The third kappa shape index (κ3) is 2.81. The number of benzene rings is 1. The Balaban J connectivity index is 2.58. The summed E-state index contributed by atoms with van der Waals surface area (Å²) in [6.07, 6.45) is 23.3. The maximum atomic E-state index is 5.66. The molecule has 28 heavy (non-hydrogen) atoms. The van der Waals surface area contributed by atoms with Crippen LogP contribution in [0.15, 0.2) is 37.4 Å². The summed E-state index contributed by atoms with van der Waals surface area (Å²) in [5, 5.41) is 2.27. The number of terminal acetylenes is 2. The summed E-state index contributed by atoms with van der Waals surface area (Å²) in [6, 6.07) is 4.41. The number of aromatic nitrogens is 2. The number of fused-ring (bicyclic) bond motifs is 2. The number of hydrogen-bond acceptors (Lipinski definition) is 0. The molecule has 0 saturated carbocycles. The second kappa shape index (κ2) is 7.95. The minimum absolute atomic E-state index is 0.485. The highest BCUT2D eigenvalue weighted by atomic mass is 15.0. The third-order valence-electron chi connectivity index (χ3n) is 4.96. The van der Waals surface area contributed by atoms with Crippen molar-refractivity contribution in [1.82, 2.24) is 9.13 Å². The summed E-state index contributed by atoms with van der Waals surface area (Å²) in [5.74, 6) is 5.54. The van der Waals surface area contributed by atoms with Crippen molar-refractivity contribution in [3.63, 3.8) is 0 Å². The van der Waals surface area contributed by atoms with Gasteiger partial charge >= 0.3 is 0 Å². The first-order valence-electron chi connectivity index (χ1n) is 9.26. The van der Waals surface area contributed by atoms with Crippen LogP contribution in [0.2, 0.25) is 0 Å². The molecule has 0 unspecified atom stereocenters. The van der Waals surface area contributed by atoms with Gasteiger partial charge in [-0.2, -0.15) is 0 Å². The lowest BCUT2D eigenvalue weighted by molar-refractivity contribution is 0.872. The quantitative estimate of drug-likeness (QED) is 0.460. The average molecular weight is 364 g/mol. The molecular weight excluding hydrogens is 340 g/mol. The fourth-order valence-corrected chi connectivity index (χ4v) is 3.93. The topological polar surface area (TPSA) is 9.86 Å². The Bertz CT molecular complexity index is 1130. The predicted molar refractivity (Wildman–Crippen MR) is 125 cm³/mol. The summed E-state index contributed by atoms with van der Waals surface area (Å²) in [7, 11) is 0. The van der Waals surface area contributed by atoms with Crippen LogP contribution >= 0.6 is 0 Å². The molecule has 0 bridgehead atoms. The van der Waals surface area contributed by atoms with Gasteiger partial charge in [-0.05, 0) is 38.1 Å². The molecule has 0 aliphatic heterocycles. The number of rotatable bonds is 6. The number of allylic oxidation sites excluding steroid dienone is 2. The lowest BCUT2D eigenvalue weighted by Gasteiger charge is -2.05. The number of hydrogen-bond donors (Lipinski definition) is 0. The standard InChI is InChI=1S/C26H24N2/c1-7-13-19-21-17-26-22(18-25(21)27(15-9-3)23(19)11-5)20(14-8-2)24(12-6)28(26)16-10-4/h3-4,7-8,11-14,17-18H,5-6,15-16H2,1-2H3/b13-7-,14-8-. The molecule has 2 aromatic heterocycles. The molecule has 2 nitrogen and oxygen atoms in total. The first-order chi connectivity index (χ1) is 13.7. The van der Waals surface area contributed by atoms with Crippen LogP contribution in [0.1, 0.15) is 36.4 Å². The van der Waals surface area contributed by atoms with E-state index in [1.807, 2.05) is 38.2 Å². The molecule has 2 heterocycles. The highest BCUT2D eigenvalue weighted by Gasteiger charge is 2.19. The minimum atomic E-state index is 0.485. The van der Waals surface area contributed by atoms with Crippen molar-refractivity contribution in [3.8, 4) is 24.7 Å². The van der Waals surface area contributed by atoms with Gasteiger partial charge < -0.3 is 9.13 Å². The van der Waals surface area contributed by atoms with E-state index in [-0.39, 0.29) is 0 Å². The first-order valence-corrected chi connectivity index (χ1v) is 9.26. The van der Waals surface area contributed by atoms with E-state index in [2.05, 4.69) is 58.4 Å². The van der Waals surface area contributed by atoms with Gasteiger partial charge in [-0.3, -0.25) is 0 Å². The van der Waals surface area contributed by atoms with Crippen LogP contribution in [-0.2, 0) is 13.1 Å². The Hall–Kier alpha value is -3.62. The van der Waals surface area contributed by atoms with Gasteiger partial charge in [-0.15, -0.1) is 12.8 Å². The fourth-order valence-electron chi connectivity index (χ4n) is 3.93. The summed E-state index contributed by atoms with van der Waals surface area (Å²) in [5.41, 5.74) is 6.47. The van der Waals surface area contributed by atoms with Crippen LogP contribution in [0.3, 0.4) is 0 Å². The van der Waals surface area contributed by atoms with E-state index in [1.54, 1.807) is 0 Å². The van der Waals surface area contributed by atoms with Gasteiger partial charge in [0.25, 0.3) is 0 Å². The predicted octanol–water partition coefficient (Wildman–Crippen LogP) is 6.21. The SMILES string of the molecule is C#CCn1c(C=C)c(/C=C\C)c2cc3c(cc21)c(/C=C\C)c(C=C)n3CC#C. The van der Waals surface area contributed by atoms with Crippen LogP contribution in [0, 0.1) is 24.7 Å². The molecule has 0 atom stereocenters. The zero-order chi connectivity index (χ0) is 20.3. The van der Waals surface area contributed by atoms with Gasteiger partial charge in [0.05, 0.1) is 24.1 Å². The summed E-state index contributed by atoms with van der Waals surface area (Å²) in [6.45, 7) is 13.0. The third-order valence-corrected chi connectivity index (χ3v) is 4.96. The molecule has 0 saturated heterocycles. The Kier molecular flexibility index (Phi) is 5.44. The monoisotopic (exact) mass is 364 g/mol. The van der Waals surface area contributed by atoms with Crippen molar-refractivity contribution in [2.75, 3.05) is 0 Å². The van der Waals surface area contributed by atoms with Crippen LogP contribution < -0.4 is 0 Å². The Morgan fingerprint density at radius 3 is 1.50 bits per heavy atom. The smallest absolute Gasteiger partial charge is 0.0841 e. The molecule has 3 aromatic rings.